The van der Waals surface area contributed by atoms with E-state index in [1.54, 1.807) is 0 Å². The highest BCUT2D eigenvalue weighted by atomic mass is 19.1. The standard InChI is InChI=1S/C15H17FN2O2/c1-9-3-2-4-10(7-9)14-17-15(20-18-14)12-6-5-11(19)8-13(12)16/h5-6,8-10,19H,2-4,7H2,1H3. The Balaban J connectivity index is 1.86. The third-order valence-corrected chi connectivity index (χ3v) is 3.93. The number of aromatic hydroxyl groups is 1. The lowest BCUT2D eigenvalue weighted by atomic mass is 9.82. The van der Waals surface area contributed by atoms with E-state index in [1.807, 2.05) is 0 Å². The molecule has 106 valence electrons. The molecule has 1 aromatic heterocycles. The minimum absolute atomic E-state index is 0.118. The van der Waals surface area contributed by atoms with Gasteiger partial charge in [-0.3, -0.25) is 0 Å². The van der Waals surface area contributed by atoms with Crippen molar-refractivity contribution in [3.05, 3.63) is 29.8 Å². The lowest BCUT2D eigenvalue weighted by molar-refractivity contribution is 0.324. The minimum Gasteiger partial charge on any atom is -0.508 e. The van der Waals surface area contributed by atoms with E-state index in [4.69, 9.17) is 4.52 Å². The van der Waals surface area contributed by atoms with Crippen molar-refractivity contribution in [2.75, 3.05) is 0 Å². The van der Waals surface area contributed by atoms with Crippen molar-refractivity contribution in [1.82, 2.24) is 10.1 Å². The molecule has 20 heavy (non-hydrogen) atoms. The molecule has 1 saturated carbocycles. The van der Waals surface area contributed by atoms with Crippen LogP contribution in [0.4, 0.5) is 4.39 Å². The molecule has 5 heteroatoms. The summed E-state index contributed by atoms with van der Waals surface area (Å²) in [6.45, 7) is 2.23. The number of rotatable bonds is 2. The molecule has 0 spiro atoms. The van der Waals surface area contributed by atoms with Gasteiger partial charge in [0.25, 0.3) is 5.89 Å². The van der Waals surface area contributed by atoms with Gasteiger partial charge in [0, 0.05) is 12.0 Å². The summed E-state index contributed by atoms with van der Waals surface area (Å²) < 4.78 is 18.9. The van der Waals surface area contributed by atoms with Crippen LogP contribution in [0, 0.1) is 11.7 Å². The Morgan fingerprint density at radius 2 is 2.20 bits per heavy atom. The molecule has 0 amide bonds. The monoisotopic (exact) mass is 276 g/mol. The van der Waals surface area contributed by atoms with E-state index in [1.165, 1.54) is 25.0 Å². The number of benzene rings is 1. The first-order valence-corrected chi connectivity index (χ1v) is 6.96. The van der Waals surface area contributed by atoms with Gasteiger partial charge in [0.15, 0.2) is 5.82 Å². The van der Waals surface area contributed by atoms with Crippen molar-refractivity contribution in [2.45, 2.75) is 38.5 Å². The lowest BCUT2D eigenvalue weighted by Crippen LogP contribution is -2.12. The van der Waals surface area contributed by atoms with Crippen LogP contribution >= 0.6 is 0 Å². The van der Waals surface area contributed by atoms with Crippen molar-refractivity contribution in [1.29, 1.82) is 0 Å². The van der Waals surface area contributed by atoms with Crippen molar-refractivity contribution in [3.63, 3.8) is 0 Å². The average molecular weight is 276 g/mol. The van der Waals surface area contributed by atoms with Crippen molar-refractivity contribution in [2.24, 2.45) is 5.92 Å². The molecule has 0 saturated heterocycles. The fourth-order valence-corrected chi connectivity index (χ4v) is 2.86. The summed E-state index contributed by atoms with van der Waals surface area (Å²) in [6, 6.07) is 3.90. The molecular weight excluding hydrogens is 259 g/mol. The normalized spacial score (nSPS) is 22.9. The van der Waals surface area contributed by atoms with Gasteiger partial charge in [-0.15, -0.1) is 0 Å². The van der Waals surface area contributed by atoms with Gasteiger partial charge < -0.3 is 9.63 Å². The molecule has 4 nitrogen and oxygen atoms in total. The SMILES string of the molecule is CC1CCCC(c2noc(-c3ccc(O)cc3F)n2)C1. The minimum atomic E-state index is -0.558. The number of hydrogen-bond donors (Lipinski definition) is 1. The zero-order valence-corrected chi connectivity index (χ0v) is 11.3. The van der Waals surface area contributed by atoms with Gasteiger partial charge >= 0.3 is 0 Å². The number of phenolic OH excluding ortho intramolecular Hbond substituents is 1. The molecule has 3 rings (SSSR count). The molecule has 1 heterocycles. The fourth-order valence-electron chi connectivity index (χ4n) is 2.86. The average Bonchev–Trinajstić information content (AvgIpc) is 2.88. The molecule has 2 aromatic rings. The van der Waals surface area contributed by atoms with Crippen molar-refractivity contribution < 1.29 is 14.0 Å². The molecule has 2 unspecified atom stereocenters. The summed E-state index contributed by atoms with van der Waals surface area (Å²) in [5, 5.41) is 13.2. The van der Waals surface area contributed by atoms with Gasteiger partial charge in [-0.25, -0.2) is 4.39 Å². The maximum absolute atomic E-state index is 13.8. The zero-order valence-electron chi connectivity index (χ0n) is 11.3. The Labute approximate surface area is 116 Å². The first-order valence-electron chi connectivity index (χ1n) is 6.96. The second kappa shape index (κ2) is 5.23. The molecule has 1 N–H and O–H groups in total. The number of nitrogens with zero attached hydrogens (tertiary/aromatic N) is 2. The number of phenols is 1. The van der Waals surface area contributed by atoms with Crippen LogP contribution in [0.5, 0.6) is 5.75 Å². The van der Waals surface area contributed by atoms with Gasteiger partial charge in [-0.1, -0.05) is 24.9 Å². The van der Waals surface area contributed by atoms with E-state index >= 15 is 0 Å². The molecule has 0 bridgehead atoms. The van der Waals surface area contributed by atoms with Crippen LogP contribution in [0.3, 0.4) is 0 Å². The van der Waals surface area contributed by atoms with Crippen LogP contribution in [0.1, 0.15) is 44.3 Å². The Kier molecular flexibility index (Phi) is 3.42. The largest absolute Gasteiger partial charge is 0.508 e. The highest BCUT2D eigenvalue weighted by Gasteiger charge is 2.25. The Morgan fingerprint density at radius 3 is 2.95 bits per heavy atom. The quantitative estimate of drug-likeness (QED) is 0.904. The van der Waals surface area contributed by atoms with Crippen LogP contribution in [0.2, 0.25) is 0 Å². The summed E-state index contributed by atoms with van der Waals surface area (Å²) in [4.78, 5) is 4.33. The highest BCUT2D eigenvalue weighted by molar-refractivity contribution is 5.55. The fraction of sp³-hybridized carbons (Fsp3) is 0.467. The summed E-state index contributed by atoms with van der Waals surface area (Å²) in [7, 11) is 0. The van der Waals surface area contributed by atoms with Gasteiger partial charge in [0.1, 0.15) is 11.6 Å². The predicted molar refractivity (Wildman–Crippen MR) is 71.7 cm³/mol. The van der Waals surface area contributed by atoms with E-state index in [0.717, 1.165) is 18.9 Å². The summed E-state index contributed by atoms with van der Waals surface area (Å²) in [6.07, 6.45) is 4.52. The second-order valence-electron chi connectivity index (χ2n) is 5.59. The van der Waals surface area contributed by atoms with Gasteiger partial charge in [0.05, 0.1) is 5.56 Å². The molecule has 1 aliphatic rings. The molecule has 2 atom stereocenters. The Hall–Kier alpha value is -1.91. The van der Waals surface area contributed by atoms with E-state index in [2.05, 4.69) is 17.1 Å². The first-order chi connectivity index (χ1) is 9.63. The molecule has 0 aliphatic heterocycles. The van der Waals surface area contributed by atoms with E-state index < -0.39 is 5.82 Å². The summed E-state index contributed by atoms with van der Waals surface area (Å²) in [5.41, 5.74) is 0.227. The Bertz CT molecular complexity index is 612. The second-order valence-corrected chi connectivity index (χ2v) is 5.59. The highest BCUT2D eigenvalue weighted by Crippen LogP contribution is 2.35. The van der Waals surface area contributed by atoms with Crippen LogP contribution < -0.4 is 0 Å². The Morgan fingerprint density at radius 1 is 1.35 bits per heavy atom. The number of halogens is 1. The van der Waals surface area contributed by atoms with Gasteiger partial charge in [0.2, 0.25) is 0 Å². The number of hydrogen-bond acceptors (Lipinski definition) is 4. The molecule has 1 aromatic carbocycles. The molecule has 0 radical (unpaired) electrons. The van der Waals surface area contributed by atoms with Gasteiger partial charge in [-0.05, 0) is 30.9 Å². The van der Waals surface area contributed by atoms with Crippen molar-refractivity contribution >= 4 is 0 Å². The predicted octanol–water partition coefficient (Wildman–Crippen LogP) is 3.88. The van der Waals surface area contributed by atoms with E-state index in [9.17, 15) is 9.50 Å². The molecule has 1 aliphatic carbocycles. The van der Waals surface area contributed by atoms with Crippen molar-refractivity contribution in [3.8, 4) is 17.2 Å². The smallest absolute Gasteiger partial charge is 0.260 e. The summed E-state index contributed by atoms with van der Waals surface area (Å²) >= 11 is 0. The third-order valence-electron chi connectivity index (χ3n) is 3.93. The number of aromatic nitrogens is 2. The van der Waals surface area contributed by atoms with Crippen LogP contribution in [-0.4, -0.2) is 15.2 Å². The molecule has 1 fully saturated rings. The van der Waals surface area contributed by atoms with Crippen LogP contribution in [-0.2, 0) is 0 Å². The zero-order chi connectivity index (χ0) is 14.1. The first kappa shape index (κ1) is 13.1. The topological polar surface area (TPSA) is 59.2 Å². The lowest BCUT2D eigenvalue weighted by Gasteiger charge is -2.23. The summed E-state index contributed by atoms with van der Waals surface area (Å²) in [5.74, 6) is 1.14. The van der Waals surface area contributed by atoms with E-state index in [0.29, 0.717) is 17.7 Å². The van der Waals surface area contributed by atoms with Crippen LogP contribution in [0.25, 0.3) is 11.5 Å². The third kappa shape index (κ3) is 2.53. The molecular formula is C15H17FN2O2. The maximum atomic E-state index is 13.8. The van der Waals surface area contributed by atoms with Crippen LogP contribution in [0.15, 0.2) is 22.7 Å². The van der Waals surface area contributed by atoms with Gasteiger partial charge in [-0.2, -0.15) is 4.98 Å². The van der Waals surface area contributed by atoms with E-state index in [-0.39, 0.29) is 17.2 Å². The maximum Gasteiger partial charge on any atom is 0.260 e.